The van der Waals surface area contributed by atoms with E-state index in [-0.39, 0.29) is 6.10 Å². The van der Waals surface area contributed by atoms with Gasteiger partial charge in [0.05, 0.1) is 0 Å². The van der Waals surface area contributed by atoms with Crippen molar-refractivity contribution < 1.29 is 5.11 Å². The fourth-order valence-corrected chi connectivity index (χ4v) is 42.4. The maximum atomic E-state index is 10.2. The van der Waals surface area contributed by atoms with Gasteiger partial charge < -0.3 is 0 Å². The molecule has 0 aliphatic carbocycles. The van der Waals surface area contributed by atoms with Crippen LogP contribution in [0.3, 0.4) is 0 Å². The van der Waals surface area contributed by atoms with E-state index >= 15 is 0 Å². The molecule has 0 unspecified atom stereocenters. The van der Waals surface area contributed by atoms with Crippen LogP contribution in [0.25, 0.3) is 0 Å². The van der Waals surface area contributed by atoms with Gasteiger partial charge in [0.1, 0.15) is 0 Å². The van der Waals surface area contributed by atoms with Crippen molar-refractivity contribution in [1.29, 1.82) is 0 Å². The summed E-state index contributed by atoms with van der Waals surface area (Å²) in [7, 11) is -1.20. The molecule has 0 rings (SSSR count). The molecule has 0 amide bonds. The van der Waals surface area contributed by atoms with Crippen molar-refractivity contribution in [2.45, 2.75) is 115 Å². The van der Waals surface area contributed by atoms with Crippen molar-refractivity contribution in [2.75, 3.05) is 0 Å². The molecule has 0 aliphatic heterocycles. The number of aliphatic hydroxyl groups is 1. The molecule has 0 aliphatic rings. The van der Waals surface area contributed by atoms with Gasteiger partial charge in [0.15, 0.2) is 0 Å². The summed E-state index contributed by atoms with van der Waals surface area (Å²) in [5, 5.41) is 10.2. The Morgan fingerprint density at radius 1 is 0.818 bits per heavy atom. The Balaban J connectivity index is 5.54. The minimum atomic E-state index is -2.19. The third kappa shape index (κ3) is 8.19. The van der Waals surface area contributed by atoms with Crippen molar-refractivity contribution in [3.63, 3.8) is 0 Å². The van der Waals surface area contributed by atoms with Gasteiger partial charge in [-0.05, 0) is 0 Å². The van der Waals surface area contributed by atoms with E-state index in [4.69, 9.17) is 0 Å². The van der Waals surface area contributed by atoms with Crippen LogP contribution in [-0.4, -0.2) is 37.7 Å². The van der Waals surface area contributed by atoms with Crippen LogP contribution < -0.4 is 0 Å². The van der Waals surface area contributed by atoms with E-state index in [0.717, 1.165) is 9.98 Å². The van der Waals surface area contributed by atoms with E-state index < -0.39 is 26.5 Å². The first-order chi connectivity index (χ1) is 10.2. The first-order valence-corrected chi connectivity index (χ1v) is 21.2. The Labute approximate surface area is 146 Å². The van der Waals surface area contributed by atoms with E-state index in [1.54, 1.807) is 13.3 Å². The molecule has 0 fully saturated rings. The Kier molecular flexibility index (Phi) is 12.0. The quantitative estimate of drug-likeness (QED) is 0.314. The molecule has 22 heavy (non-hydrogen) atoms. The van der Waals surface area contributed by atoms with Crippen molar-refractivity contribution in [1.82, 2.24) is 0 Å². The van der Waals surface area contributed by atoms with Gasteiger partial charge in [-0.15, -0.1) is 0 Å². The molecule has 134 valence electrons. The monoisotopic (exact) mass is 436 g/mol. The fraction of sp³-hybridized carbons (Fsp3) is 1.00. The van der Waals surface area contributed by atoms with E-state index in [1.807, 2.05) is 6.92 Å². The van der Waals surface area contributed by atoms with Gasteiger partial charge in [0.2, 0.25) is 0 Å². The first-order valence-electron chi connectivity index (χ1n) is 9.91. The summed E-state index contributed by atoms with van der Waals surface area (Å²) in [5.41, 5.74) is 0. The van der Waals surface area contributed by atoms with Crippen molar-refractivity contribution >= 4 is 26.5 Å². The van der Waals surface area contributed by atoms with Crippen LogP contribution in [0.4, 0.5) is 0 Å². The number of unbranched alkanes of at least 4 members (excludes halogenated alkanes) is 3. The molecule has 0 saturated heterocycles. The molecule has 0 spiro atoms. The molecule has 0 aromatic carbocycles. The van der Waals surface area contributed by atoms with Crippen LogP contribution in [0, 0.1) is 0 Å². The number of hydrogen-bond acceptors (Lipinski definition) is 1. The van der Waals surface area contributed by atoms with Crippen LogP contribution in [0.1, 0.15) is 72.6 Å². The van der Waals surface area contributed by atoms with Crippen LogP contribution >= 0.6 is 0 Å². The van der Waals surface area contributed by atoms with Gasteiger partial charge in [0.25, 0.3) is 0 Å². The topological polar surface area (TPSA) is 20.2 Å². The molecular formula is C19H44OSiSn. The molecule has 0 saturated carbocycles. The second-order valence-corrected chi connectivity index (χ2v) is 29.8. The zero-order valence-corrected chi connectivity index (χ0v) is 20.5. The summed E-state index contributed by atoms with van der Waals surface area (Å²) in [6.45, 7) is 16.8. The van der Waals surface area contributed by atoms with Gasteiger partial charge >= 0.3 is 147 Å². The van der Waals surface area contributed by atoms with Gasteiger partial charge in [-0.25, -0.2) is 0 Å². The van der Waals surface area contributed by atoms with E-state index in [9.17, 15) is 5.11 Å². The molecule has 0 aromatic rings. The molecule has 1 nitrogen and oxygen atoms in total. The second-order valence-electron chi connectivity index (χ2n) is 8.68. The molecule has 2 atom stereocenters. The summed E-state index contributed by atoms with van der Waals surface area (Å²) in [4.78, 5) is 0. The summed E-state index contributed by atoms with van der Waals surface area (Å²) in [6.07, 6.45) is 9.41. The Bertz CT molecular complexity index is 251. The molecule has 3 heteroatoms. The summed E-state index contributed by atoms with van der Waals surface area (Å²) in [5.74, 6) is 0. The van der Waals surface area contributed by atoms with E-state index in [1.165, 1.54) is 38.5 Å². The van der Waals surface area contributed by atoms with Crippen LogP contribution in [0.5, 0.6) is 0 Å². The fourth-order valence-electron chi connectivity index (χ4n) is 4.35. The average molecular weight is 435 g/mol. The third-order valence-electron chi connectivity index (χ3n) is 5.45. The minimum absolute atomic E-state index is 0.0994. The molecule has 0 aromatic heterocycles. The second kappa shape index (κ2) is 11.5. The standard InChI is InChI=1S/C7H17OSi.3C4H9.Sn/c1-7(8)5-6-9(2,3)4;3*1-3-4-2;/h6-8H,5H2,1-4H3;3*1,3-4H2,2H3;/t7-;;;;/m0..../s1. The number of rotatable bonds is 13. The Morgan fingerprint density at radius 3 is 1.41 bits per heavy atom. The molecule has 0 heterocycles. The summed E-state index contributed by atoms with van der Waals surface area (Å²) >= 11 is -2.19. The molecule has 0 bridgehead atoms. The van der Waals surface area contributed by atoms with Crippen LogP contribution in [0.15, 0.2) is 0 Å². The molecule has 1 N–H and O–H groups in total. The molecular weight excluding hydrogens is 391 g/mol. The van der Waals surface area contributed by atoms with Crippen LogP contribution in [0.2, 0.25) is 36.5 Å². The average Bonchev–Trinajstić information content (AvgIpc) is 2.43. The zero-order valence-electron chi connectivity index (χ0n) is 16.7. The van der Waals surface area contributed by atoms with Crippen molar-refractivity contribution in [3.8, 4) is 0 Å². The van der Waals surface area contributed by atoms with Gasteiger partial charge in [-0.2, -0.15) is 0 Å². The van der Waals surface area contributed by atoms with Crippen molar-refractivity contribution in [2.24, 2.45) is 0 Å². The SMILES string of the molecule is CCC[CH2][Sn]([CH2]CCC)([CH2]CCC)[C@H](C[C@H](C)O)[Si](C)(C)C. The van der Waals surface area contributed by atoms with Crippen molar-refractivity contribution in [3.05, 3.63) is 0 Å². The maximum absolute atomic E-state index is 10.2. The van der Waals surface area contributed by atoms with Crippen LogP contribution in [-0.2, 0) is 0 Å². The number of aliphatic hydroxyl groups excluding tert-OH is 1. The first kappa shape index (κ1) is 23.0. The third-order valence-corrected chi connectivity index (χ3v) is 35.7. The van der Waals surface area contributed by atoms with Gasteiger partial charge in [-0.1, -0.05) is 0 Å². The zero-order chi connectivity index (χ0) is 17.2. The summed E-state index contributed by atoms with van der Waals surface area (Å²) < 4.78 is 5.73. The van der Waals surface area contributed by atoms with E-state index in [2.05, 4.69) is 40.4 Å². The number of hydrogen-bond donors (Lipinski definition) is 1. The van der Waals surface area contributed by atoms with Gasteiger partial charge in [-0.3, -0.25) is 0 Å². The summed E-state index contributed by atoms with van der Waals surface area (Å²) in [6, 6.07) is 0. The normalized spacial score (nSPS) is 15.8. The van der Waals surface area contributed by atoms with Gasteiger partial charge in [0, 0.05) is 0 Å². The molecule has 0 radical (unpaired) electrons. The predicted molar refractivity (Wildman–Crippen MR) is 108 cm³/mol. The Morgan fingerprint density at radius 2 is 1.18 bits per heavy atom. The van der Waals surface area contributed by atoms with E-state index in [0.29, 0.717) is 0 Å². The Hall–Kier alpha value is 0.976. The predicted octanol–water partition coefficient (Wildman–Crippen LogP) is 6.85.